The third-order valence-electron chi connectivity index (χ3n) is 4.30. The highest BCUT2D eigenvalue weighted by molar-refractivity contribution is 5.73. The number of para-hydroxylation sites is 2. The Morgan fingerprint density at radius 2 is 1.90 bits per heavy atom. The predicted octanol–water partition coefficient (Wildman–Crippen LogP) is 2.27. The van der Waals surface area contributed by atoms with E-state index in [0.717, 1.165) is 36.1 Å². The number of benzene rings is 1. The van der Waals surface area contributed by atoms with Crippen LogP contribution in [0.3, 0.4) is 0 Å². The van der Waals surface area contributed by atoms with Crippen molar-refractivity contribution in [2.24, 2.45) is 5.41 Å². The van der Waals surface area contributed by atoms with E-state index in [0.29, 0.717) is 6.54 Å². The number of hydrogen-bond donors (Lipinski definition) is 2. The Morgan fingerprint density at radius 1 is 1.15 bits per heavy atom. The second kappa shape index (κ2) is 5.85. The molecular formula is C16H21N3O. The van der Waals surface area contributed by atoms with Gasteiger partial charge in [0.15, 0.2) is 0 Å². The minimum atomic E-state index is 0.0876. The van der Waals surface area contributed by atoms with Crippen molar-refractivity contribution in [2.45, 2.75) is 32.2 Å². The third kappa shape index (κ3) is 2.81. The van der Waals surface area contributed by atoms with Gasteiger partial charge in [-0.1, -0.05) is 25.0 Å². The number of nitrogens with one attached hydrogen (secondary N) is 1. The van der Waals surface area contributed by atoms with Crippen molar-refractivity contribution in [2.75, 3.05) is 13.2 Å². The van der Waals surface area contributed by atoms with E-state index in [-0.39, 0.29) is 12.0 Å². The lowest BCUT2D eigenvalue weighted by Gasteiger charge is -2.26. The summed E-state index contributed by atoms with van der Waals surface area (Å²) < 4.78 is 0. The van der Waals surface area contributed by atoms with Crippen molar-refractivity contribution < 1.29 is 5.11 Å². The minimum Gasteiger partial charge on any atom is -0.396 e. The van der Waals surface area contributed by atoms with Gasteiger partial charge >= 0.3 is 0 Å². The average Bonchev–Trinajstić information content (AvgIpc) is 2.96. The fourth-order valence-electron chi connectivity index (χ4n) is 3.05. The highest BCUT2D eigenvalue weighted by Gasteiger charge is 2.32. The first-order valence-electron chi connectivity index (χ1n) is 7.34. The number of aromatic nitrogens is 2. The van der Waals surface area contributed by atoms with Crippen LogP contribution in [0.1, 0.15) is 31.4 Å². The van der Waals surface area contributed by atoms with Crippen LogP contribution >= 0.6 is 0 Å². The summed E-state index contributed by atoms with van der Waals surface area (Å²) in [4.78, 5) is 9.02. The summed E-state index contributed by atoms with van der Waals surface area (Å²) in [6.07, 6.45) is 6.55. The van der Waals surface area contributed by atoms with E-state index in [9.17, 15) is 5.11 Å². The van der Waals surface area contributed by atoms with Gasteiger partial charge in [0.25, 0.3) is 0 Å². The summed E-state index contributed by atoms with van der Waals surface area (Å²) in [6, 6.07) is 7.91. The van der Waals surface area contributed by atoms with E-state index < -0.39 is 0 Å². The van der Waals surface area contributed by atoms with Gasteiger partial charge in [0.1, 0.15) is 0 Å². The lowest BCUT2D eigenvalue weighted by molar-refractivity contribution is 0.128. The van der Waals surface area contributed by atoms with Gasteiger partial charge in [0.05, 0.1) is 22.9 Å². The molecule has 3 rings (SSSR count). The molecule has 0 spiro atoms. The smallest absolute Gasteiger partial charge is 0.0890 e. The van der Waals surface area contributed by atoms with Crippen LogP contribution in [0.15, 0.2) is 30.5 Å². The molecule has 20 heavy (non-hydrogen) atoms. The van der Waals surface area contributed by atoms with Gasteiger partial charge in [-0.2, -0.15) is 0 Å². The quantitative estimate of drug-likeness (QED) is 0.876. The molecule has 0 unspecified atom stereocenters. The number of hydrogen-bond acceptors (Lipinski definition) is 4. The molecule has 0 saturated heterocycles. The van der Waals surface area contributed by atoms with E-state index >= 15 is 0 Å². The van der Waals surface area contributed by atoms with Crippen LogP contribution in [-0.2, 0) is 6.54 Å². The highest BCUT2D eigenvalue weighted by Crippen LogP contribution is 2.36. The molecule has 0 bridgehead atoms. The largest absolute Gasteiger partial charge is 0.396 e. The average molecular weight is 271 g/mol. The molecule has 1 aliphatic rings. The number of fused-ring (bicyclic) bond motifs is 1. The van der Waals surface area contributed by atoms with E-state index in [4.69, 9.17) is 0 Å². The van der Waals surface area contributed by atoms with Crippen LogP contribution in [0.4, 0.5) is 0 Å². The van der Waals surface area contributed by atoms with Gasteiger partial charge in [-0.25, -0.2) is 4.98 Å². The normalized spacial score (nSPS) is 17.6. The Balaban J connectivity index is 1.62. The number of nitrogens with zero attached hydrogens (tertiary/aromatic N) is 2. The fraction of sp³-hybridized carbons (Fsp3) is 0.500. The molecule has 0 amide bonds. The molecule has 4 nitrogen and oxygen atoms in total. The molecular weight excluding hydrogens is 250 g/mol. The molecule has 1 saturated carbocycles. The minimum absolute atomic E-state index is 0.0876. The van der Waals surface area contributed by atoms with Gasteiger partial charge in [0, 0.05) is 25.1 Å². The van der Waals surface area contributed by atoms with Crippen molar-refractivity contribution in [3.63, 3.8) is 0 Å². The van der Waals surface area contributed by atoms with E-state index in [2.05, 4.69) is 15.3 Å². The fourth-order valence-corrected chi connectivity index (χ4v) is 3.05. The van der Waals surface area contributed by atoms with Gasteiger partial charge in [-0.3, -0.25) is 4.98 Å². The molecule has 1 aliphatic carbocycles. The molecule has 2 N–H and O–H groups in total. The summed E-state index contributed by atoms with van der Waals surface area (Å²) in [5, 5.41) is 13.0. The van der Waals surface area contributed by atoms with Crippen molar-refractivity contribution in [1.29, 1.82) is 0 Å². The van der Waals surface area contributed by atoms with E-state index in [1.165, 1.54) is 12.8 Å². The molecule has 1 fully saturated rings. The van der Waals surface area contributed by atoms with Crippen LogP contribution in [0.5, 0.6) is 0 Å². The zero-order valence-electron chi connectivity index (χ0n) is 11.7. The maximum atomic E-state index is 9.59. The summed E-state index contributed by atoms with van der Waals surface area (Å²) in [7, 11) is 0. The van der Waals surface area contributed by atoms with Crippen molar-refractivity contribution in [3.8, 4) is 0 Å². The standard InChI is InChI=1S/C16H21N3O/c20-12-16(7-3-4-8-16)11-17-9-13-10-18-14-5-1-2-6-15(14)19-13/h1-2,5-6,10,17,20H,3-4,7-9,11-12H2. The molecule has 1 heterocycles. The summed E-state index contributed by atoms with van der Waals surface area (Å²) in [5.74, 6) is 0. The molecule has 1 aromatic heterocycles. The topological polar surface area (TPSA) is 58.0 Å². The van der Waals surface area contributed by atoms with Crippen molar-refractivity contribution in [3.05, 3.63) is 36.2 Å². The van der Waals surface area contributed by atoms with Gasteiger partial charge in [-0.05, 0) is 25.0 Å². The highest BCUT2D eigenvalue weighted by atomic mass is 16.3. The Morgan fingerprint density at radius 3 is 2.65 bits per heavy atom. The molecule has 2 aromatic rings. The number of aliphatic hydroxyl groups excluding tert-OH is 1. The molecule has 106 valence electrons. The summed E-state index contributed by atoms with van der Waals surface area (Å²) in [5.41, 5.74) is 2.91. The second-order valence-electron chi connectivity index (χ2n) is 5.82. The summed E-state index contributed by atoms with van der Waals surface area (Å²) in [6.45, 7) is 1.85. The van der Waals surface area contributed by atoms with Crippen LogP contribution in [-0.4, -0.2) is 28.2 Å². The molecule has 0 radical (unpaired) electrons. The Kier molecular flexibility index (Phi) is 3.94. The first kappa shape index (κ1) is 13.5. The SMILES string of the molecule is OCC1(CNCc2cnc3ccccc3n2)CCCC1. The first-order chi connectivity index (χ1) is 9.81. The molecule has 4 heteroatoms. The molecule has 0 atom stereocenters. The monoisotopic (exact) mass is 271 g/mol. The van der Waals surface area contributed by atoms with E-state index in [1.54, 1.807) is 0 Å². The second-order valence-corrected chi connectivity index (χ2v) is 5.82. The number of aliphatic hydroxyl groups is 1. The third-order valence-corrected chi connectivity index (χ3v) is 4.30. The predicted molar refractivity (Wildman–Crippen MR) is 79.2 cm³/mol. The maximum Gasteiger partial charge on any atom is 0.0890 e. The Hall–Kier alpha value is -1.52. The van der Waals surface area contributed by atoms with Gasteiger partial charge in [0.2, 0.25) is 0 Å². The van der Waals surface area contributed by atoms with Crippen molar-refractivity contribution in [1.82, 2.24) is 15.3 Å². The molecule has 0 aliphatic heterocycles. The lowest BCUT2D eigenvalue weighted by Crippen LogP contribution is -2.35. The van der Waals surface area contributed by atoms with Crippen LogP contribution in [0, 0.1) is 5.41 Å². The Labute approximate surface area is 119 Å². The maximum absolute atomic E-state index is 9.59. The van der Waals surface area contributed by atoms with Crippen LogP contribution in [0.25, 0.3) is 11.0 Å². The zero-order chi connectivity index (χ0) is 13.8. The lowest BCUT2D eigenvalue weighted by atomic mass is 9.87. The number of rotatable bonds is 5. The van der Waals surface area contributed by atoms with Crippen LogP contribution in [0.2, 0.25) is 0 Å². The van der Waals surface area contributed by atoms with E-state index in [1.807, 2.05) is 30.5 Å². The van der Waals surface area contributed by atoms with Crippen molar-refractivity contribution >= 4 is 11.0 Å². The van der Waals surface area contributed by atoms with Gasteiger partial charge < -0.3 is 10.4 Å². The van der Waals surface area contributed by atoms with Gasteiger partial charge in [-0.15, -0.1) is 0 Å². The summed E-state index contributed by atoms with van der Waals surface area (Å²) >= 11 is 0. The first-order valence-corrected chi connectivity index (χ1v) is 7.34. The Bertz CT molecular complexity index is 579. The molecule has 1 aromatic carbocycles. The van der Waals surface area contributed by atoms with Crippen LogP contribution < -0.4 is 5.32 Å². The zero-order valence-corrected chi connectivity index (χ0v) is 11.7.